The van der Waals surface area contributed by atoms with Crippen LogP contribution in [0.5, 0.6) is 5.75 Å². The molecule has 132 valence electrons. The summed E-state index contributed by atoms with van der Waals surface area (Å²) in [6.07, 6.45) is 0. The second-order valence-corrected chi connectivity index (χ2v) is 6.89. The average molecular weight is 360 g/mol. The van der Waals surface area contributed by atoms with Crippen molar-refractivity contribution < 1.29 is 14.5 Å². The summed E-state index contributed by atoms with van der Waals surface area (Å²) in [6.45, 7) is 3.86. The molecule has 0 saturated carbocycles. The molecule has 2 aromatic carbocycles. The zero-order chi connectivity index (χ0) is 18.4. The fourth-order valence-corrected chi connectivity index (χ4v) is 3.11. The van der Waals surface area contributed by atoms with E-state index in [4.69, 9.17) is 4.74 Å². The van der Waals surface area contributed by atoms with Crippen LogP contribution in [0.3, 0.4) is 0 Å². The van der Waals surface area contributed by atoms with Crippen LogP contribution in [-0.4, -0.2) is 23.7 Å². The average Bonchev–Trinajstić information content (AvgIpc) is 2.60. The van der Waals surface area contributed by atoms with Gasteiger partial charge in [-0.05, 0) is 37.1 Å². The molecular formula is C18H20N2O4S. The van der Waals surface area contributed by atoms with Crippen LogP contribution in [0.15, 0.2) is 42.5 Å². The first-order chi connectivity index (χ1) is 11.9. The van der Waals surface area contributed by atoms with E-state index in [9.17, 15) is 14.9 Å². The Labute approximate surface area is 150 Å². The van der Waals surface area contributed by atoms with Crippen LogP contribution >= 0.6 is 11.8 Å². The lowest BCUT2D eigenvalue weighted by Gasteiger charge is -2.13. The minimum absolute atomic E-state index is 0.0370. The number of nitrogens with one attached hydrogen (secondary N) is 1. The summed E-state index contributed by atoms with van der Waals surface area (Å²) in [7, 11) is 1.56. The summed E-state index contributed by atoms with van der Waals surface area (Å²) < 4.78 is 5.25. The zero-order valence-corrected chi connectivity index (χ0v) is 15.1. The Kier molecular flexibility index (Phi) is 6.41. The second-order valence-electron chi connectivity index (χ2n) is 5.56. The number of ether oxygens (including phenoxy) is 1. The molecule has 0 aliphatic rings. The number of benzene rings is 2. The topological polar surface area (TPSA) is 81.5 Å². The van der Waals surface area contributed by atoms with Crippen LogP contribution in [-0.2, 0) is 4.79 Å². The Morgan fingerprint density at radius 3 is 2.76 bits per heavy atom. The third-order valence-corrected chi connectivity index (χ3v) is 4.84. The van der Waals surface area contributed by atoms with E-state index in [0.29, 0.717) is 11.4 Å². The highest BCUT2D eigenvalue weighted by atomic mass is 32.2. The number of nitro groups is 1. The van der Waals surface area contributed by atoms with Crippen LogP contribution in [0.2, 0.25) is 0 Å². The van der Waals surface area contributed by atoms with Crippen molar-refractivity contribution >= 4 is 29.0 Å². The largest absolute Gasteiger partial charge is 0.495 e. The Balaban J connectivity index is 1.97. The van der Waals surface area contributed by atoms with E-state index < -0.39 is 4.92 Å². The first kappa shape index (κ1) is 18.8. The van der Waals surface area contributed by atoms with Crippen molar-refractivity contribution in [3.63, 3.8) is 0 Å². The van der Waals surface area contributed by atoms with Gasteiger partial charge in [-0.2, -0.15) is 0 Å². The highest BCUT2D eigenvalue weighted by Crippen LogP contribution is 2.31. The Morgan fingerprint density at radius 1 is 1.32 bits per heavy atom. The molecule has 25 heavy (non-hydrogen) atoms. The SMILES string of the molecule is COc1ccc(C)cc1NC(=O)CS[C@@H](C)c1cccc([N+](=O)[O-])c1. The molecule has 0 spiro atoms. The first-order valence-electron chi connectivity index (χ1n) is 7.71. The predicted molar refractivity (Wildman–Crippen MR) is 100 cm³/mol. The minimum atomic E-state index is -0.419. The molecule has 1 N–H and O–H groups in total. The predicted octanol–water partition coefficient (Wildman–Crippen LogP) is 4.34. The molecule has 6 nitrogen and oxygen atoms in total. The number of non-ortho nitro benzene ring substituents is 1. The van der Waals surface area contributed by atoms with Gasteiger partial charge in [0.1, 0.15) is 5.75 Å². The second kappa shape index (κ2) is 8.53. The van der Waals surface area contributed by atoms with Gasteiger partial charge in [-0.15, -0.1) is 11.8 Å². The maximum atomic E-state index is 12.2. The summed E-state index contributed by atoms with van der Waals surface area (Å²) in [5, 5.41) is 13.7. The number of rotatable bonds is 7. The lowest BCUT2D eigenvalue weighted by Crippen LogP contribution is -2.15. The fourth-order valence-electron chi connectivity index (χ4n) is 2.29. The number of methoxy groups -OCH3 is 1. The molecule has 0 aliphatic carbocycles. The van der Waals surface area contributed by atoms with Gasteiger partial charge in [0.05, 0.1) is 23.5 Å². The molecule has 0 saturated heterocycles. The Bertz CT molecular complexity index is 779. The molecule has 0 aliphatic heterocycles. The highest BCUT2D eigenvalue weighted by Gasteiger charge is 2.14. The molecule has 0 bridgehead atoms. The number of aryl methyl sites for hydroxylation is 1. The molecular weight excluding hydrogens is 340 g/mol. The number of anilines is 1. The maximum Gasteiger partial charge on any atom is 0.269 e. The van der Waals surface area contributed by atoms with Crippen molar-refractivity contribution in [2.24, 2.45) is 0 Å². The van der Waals surface area contributed by atoms with Gasteiger partial charge in [0.2, 0.25) is 5.91 Å². The summed E-state index contributed by atoms with van der Waals surface area (Å²) >= 11 is 1.42. The molecule has 0 aromatic heterocycles. The van der Waals surface area contributed by atoms with Crippen molar-refractivity contribution in [2.75, 3.05) is 18.2 Å². The summed E-state index contributed by atoms with van der Waals surface area (Å²) in [5.74, 6) is 0.697. The quantitative estimate of drug-likeness (QED) is 0.586. The zero-order valence-electron chi connectivity index (χ0n) is 14.3. The summed E-state index contributed by atoms with van der Waals surface area (Å²) in [6, 6.07) is 12.0. The fraction of sp³-hybridized carbons (Fsp3) is 0.278. The van der Waals surface area contributed by atoms with Crippen LogP contribution in [0.25, 0.3) is 0 Å². The van der Waals surface area contributed by atoms with E-state index in [1.807, 2.05) is 38.1 Å². The van der Waals surface area contributed by atoms with E-state index in [1.165, 1.54) is 17.8 Å². The molecule has 0 heterocycles. The number of hydrogen-bond acceptors (Lipinski definition) is 5. The number of amides is 1. The van der Waals surface area contributed by atoms with Gasteiger partial charge in [-0.3, -0.25) is 14.9 Å². The molecule has 2 aromatic rings. The Hall–Kier alpha value is -2.54. The third-order valence-electron chi connectivity index (χ3n) is 3.64. The monoisotopic (exact) mass is 360 g/mol. The standard InChI is InChI=1S/C18H20N2O4S/c1-12-7-8-17(24-3)16(9-12)19-18(21)11-25-13(2)14-5-4-6-15(10-14)20(22)23/h4-10,13H,11H2,1-3H3,(H,19,21)/t13-/m0/s1. The molecule has 0 unspecified atom stereocenters. The van der Waals surface area contributed by atoms with Crippen molar-refractivity contribution in [1.82, 2.24) is 0 Å². The molecule has 0 radical (unpaired) electrons. The summed E-state index contributed by atoms with van der Waals surface area (Å²) in [5.41, 5.74) is 2.53. The van der Waals surface area contributed by atoms with E-state index in [-0.39, 0.29) is 22.6 Å². The highest BCUT2D eigenvalue weighted by molar-refractivity contribution is 8.00. The molecule has 2 rings (SSSR count). The lowest BCUT2D eigenvalue weighted by atomic mass is 10.1. The third kappa shape index (κ3) is 5.22. The number of carbonyl (C=O) groups excluding carboxylic acids is 1. The van der Waals surface area contributed by atoms with Crippen molar-refractivity contribution in [1.29, 1.82) is 0 Å². The number of thioether (sulfide) groups is 1. The van der Waals surface area contributed by atoms with Crippen molar-refractivity contribution in [3.05, 3.63) is 63.7 Å². The molecule has 1 atom stereocenters. The van der Waals surface area contributed by atoms with Gasteiger partial charge in [0.15, 0.2) is 0 Å². The molecule has 0 fully saturated rings. The van der Waals surface area contributed by atoms with Crippen LogP contribution in [0.1, 0.15) is 23.3 Å². The van der Waals surface area contributed by atoms with E-state index >= 15 is 0 Å². The molecule has 7 heteroatoms. The van der Waals surface area contributed by atoms with Crippen molar-refractivity contribution in [2.45, 2.75) is 19.1 Å². The lowest BCUT2D eigenvalue weighted by molar-refractivity contribution is -0.384. The first-order valence-corrected chi connectivity index (χ1v) is 8.76. The van der Waals surface area contributed by atoms with E-state index in [1.54, 1.807) is 19.2 Å². The van der Waals surface area contributed by atoms with Gasteiger partial charge in [-0.1, -0.05) is 18.2 Å². The smallest absolute Gasteiger partial charge is 0.269 e. The normalized spacial score (nSPS) is 11.6. The van der Waals surface area contributed by atoms with Gasteiger partial charge in [-0.25, -0.2) is 0 Å². The number of hydrogen-bond donors (Lipinski definition) is 1. The van der Waals surface area contributed by atoms with Gasteiger partial charge >= 0.3 is 0 Å². The molecule has 1 amide bonds. The van der Waals surface area contributed by atoms with Crippen LogP contribution in [0, 0.1) is 17.0 Å². The van der Waals surface area contributed by atoms with Crippen LogP contribution in [0.4, 0.5) is 11.4 Å². The summed E-state index contributed by atoms with van der Waals surface area (Å²) in [4.78, 5) is 22.6. The Morgan fingerprint density at radius 2 is 2.08 bits per heavy atom. The maximum absolute atomic E-state index is 12.2. The number of carbonyl (C=O) groups is 1. The number of nitrogens with zero attached hydrogens (tertiary/aromatic N) is 1. The van der Waals surface area contributed by atoms with Gasteiger partial charge in [0.25, 0.3) is 5.69 Å². The van der Waals surface area contributed by atoms with Gasteiger partial charge in [0, 0.05) is 17.4 Å². The van der Waals surface area contributed by atoms with Crippen molar-refractivity contribution in [3.8, 4) is 5.75 Å². The number of nitro benzene ring substituents is 1. The minimum Gasteiger partial charge on any atom is -0.495 e. The van der Waals surface area contributed by atoms with E-state index in [0.717, 1.165) is 11.1 Å². The van der Waals surface area contributed by atoms with Crippen LogP contribution < -0.4 is 10.1 Å². The van der Waals surface area contributed by atoms with E-state index in [2.05, 4.69) is 5.32 Å². The van der Waals surface area contributed by atoms with Gasteiger partial charge < -0.3 is 10.1 Å².